The van der Waals surface area contributed by atoms with Crippen LogP contribution >= 0.6 is 61.1 Å². The van der Waals surface area contributed by atoms with Crippen molar-refractivity contribution in [1.82, 2.24) is 5.32 Å². The van der Waals surface area contributed by atoms with Crippen molar-refractivity contribution in [2.75, 3.05) is 4.90 Å². The van der Waals surface area contributed by atoms with Gasteiger partial charge in [-0.05, 0) is 117 Å². The molecule has 8 nitrogen and oxygen atoms in total. The van der Waals surface area contributed by atoms with Crippen LogP contribution in [0, 0.1) is 14.1 Å². The van der Waals surface area contributed by atoms with Crippen molar-refractivity contribution in [3.63, 3.8) is 0 Å². The molecule has 0 aliphatic carbocycles. The van der Waals surface area contributed by atoms with E-state index in [0.717, 1.165) is 27.6 Å². The zero-order valence-electron chi connectivity index (χ0n) is 19.1. The summed E-state index contributed by atoms with van der Waals surface area (Å²) < 4.78 is 8.29. The van der Waals surface area contributed by atoms with Gasteiger partial charge in [0, 0.05) is 4.47 Å². The Morgan fingerprint density at radius 2 is 1.70 bits per heavy atom. The molecule has 1 aliphatic rings. The van der Waals surface area contributed by atoms with E-state index in [1.165, 1.54) is 18.2 Å². The molecular weight excluding hydrogens is 770 g/mol. The lowest BCUT2D eigenvalue weighted by atomic mass is 10.1. The third-order valence-corrected chi connectivity index (χ3v) is 7.91. The number of imide groups is 2. The summed E-state index contributed by atoms with van der Waals surface area (Å²) in [6.45, 7) is 2.07. The van der Waals surface area contributed by atoms with Crippen LogP contribution in [0.3, 0.4) is 0 Å². The Hall–Kier alpha value is -2.78. The van der Waals surface area contributed by atoms with Gasteiger partial charge in [0.15, 0.2) is 0 Å². The number of amides is 4. The minimum Gasteiger partial charge on any atom is -0.487 e. The number of hydrogen-bond acceptors (Lipinski definition) is 5. The standard InChI is InChI=1S/C26H17BrI2N2O6/c1-13-8-17(6-7-19(13)27)31-24(33)18(23(32)30-26(31)36)9-15-10-20(28)22(21(29)11-15)37-12-14-2-4-16(5-3-14)25(34)35/h2-11H,12H2,1H3,(H,34,35)(H,30,32,36)/b18-9+. The number of barbiturate groups is 1. The number of hydrogen-bond donors (Lipinski definition) is 2. The molecule has 1 fully saturated rings. The molecule has 11 heteroatoms. The lowest BCUT2D eigenvalue weighted by Gasteiger charge is -2.26. The Morgan fingerprint density at radius 1 is 1.05 bits per heavy atom. The van der Waals surface area contributed by atoms with Crippen molar-refractivity contribution in [2.24, 2.45) is 0 Å². The van der Waals surface area contributed by atoms with Crippen molar-refractivity contribution < 1.29 is 29.0 Å². The minimum absolute atomic E-state index is 0.168. The Balaban J connectivity index is 1.58. The van der Waals surface area contributed by atoms with Crippen molar-refractivity contribution >= 4 is 96.7 Å². The number of ether oxygens (including phenoxy) is 1. The van der Waals surface area contributed by atoms with Gasteiger partial charge < -0.3 is 9.84 Å². The summed E-state index contributed by atoms with van der Waals surface area (Å²) in [5.74, 6) is -1.86. The first-order valence-corrected chi connectivity index (χ1v) is 13.6. The fourth-order valence-corrected chi connectivity index (χ4v) is 5.90. The van der Waals surface area contributed by atoms with Gasteiger partial charge in [-0.2, -0.15) is 0 Å². The zero-order chi connectivity index (χ0) is 26.9. The highest BCUT2D eigenvalue weighted by Crippen LogP contribution is 2.32. The maximum absolute atomic E-state index is 13.2. The third-order valence-electron chi connectivity index (χ3n) is 5.42. The number of benzene rings is 3. The molecule has 1 heterocycles. The Kier molecular flexibility index (Phi) is 8.33. The highest BCUT2D eigenvalue weighted by atomic mass is 127. The molecule has 0 atom stereocenters. The van der Waals surface area contributed by atoms with Crippen LogP contribution in [0.15, 0.2) is 64.6 Å². The second kappa shape index (κ2) is 11.3. The van der Waals surface area contributed by atoms with Crippen LogP contribution in [0.4, 0.5) is 10.5 Å². The van der Waals surface area contributed by atoms with Crippen molar-refractivity contribution in [1.29, 1.82) is 0 Å². The van der Waals surface area contributed by atoms with Gasteiger partial charge in [0.05, 0.1) is 18.4 Å². The van der Waals surface area contributed by atoms with Gasteiger partial charge in [-0.15, -0.1) is 0 Å². The maximum Gasteiger partial charge on any atom is 0.335 e. The van der Waals surface area contributed by atoms with Crippen LogP contribution in [0.2, 0.25) is 0 Å². The largest absolute Gasteiger partial charge is 0.487 e. The van der Waals surface area contributed by atoms with Crippen molar-refractivity contribution in [2.45, 2.75) is 13.5 Å². The number of carboxylic acids is 1. The highest BCUT2D eigenvalue weighted by molar-refractivity contribution is 14.1. The molecule has 1 saturated heterocycles. The predicted molar refractivity (Wildman–Crippen MR) is 157 cm³/mol. The molecule has 3 aromatic carbocycles. The number of carbonyl (C=O) groups is 4. The summed E-state index contributed by atoms with van der Waals surface area (Å²) in [5, 5.41) is 11.3. The summed E-state index contributed by atoms with van der Waals surface area (Å²) in [6.07, 6.45) is 1.45. The molecule has 3 aromatic rings. The number of nitrogens with zero attached hydrogens (tertiary/aromatic N) is 1. The molecule has 4 amide bonds. The maximum atomic E-state index is 13.2. The van der Waals surface area contributed by atoms with E-state index < -0.39 is 23.8 Å². The first-order valence-electron chi connectivity index (χ1n) is 10.7. The van der Waals surface area contributed by atoms with E-state index >= 15 is 0 Å². The molecule has 37 heavy (non-hydrogen) atoms. The Morgan fingerprint density at radius 3 is 2.30 bits per heavy atom. The molecule has 0 radical (unpaired) electrons. The lowest BCUT2D eigenvalue weighted by Crippen LogP contribution is -2.54. The number of rotatable bonds is 6. The number of anilines is 1. The minimum atomic E-state index is -0.995. The predicted octanol–water partition coefficient (Wildman–Crippen LogP) is 5.91. The molecule has 4 rings (SSSR count). The SMILES string of the molecule is Cc1cc(N2C(=O)NC(=O)/C(=C\c3cc(I)c(OCc4ccc(C(=O)O)cc4)c(I)c3)C2=O)ccc1Br. The quantitative estimate of drug-likeness (QED) is 0.183. The smallest absolute Gasteiger partial charge is 0.335 e. The number of urea groups is 1. The van der Waals surface area contributed by atoms with Crippen LogP contribution < -0.4 is 15.0 Å². The second-order valence-corrected chi connectivity index (χ2v) is 11.2. The molecule has 2 N–H and O–H groups in total. The van der Waals surface area contributed by atoms with E-state index in [-0.39, 0.29) is 17.7 Å². The average molecular weight is 787 g/mol. The molecule has 0 aromatic heterocycles. The van der Waals surface area contributed by atoms with Gasteiger partial charge >= 0.3 is 12.0 Å². The first kappa shape index (κ1) is 27.3. The van der Waals surface area contributed by atoms with E-state index in [9.17, 15) is 19.2 Å². The normalized spacial score (nSPS) is 14.6. The number of carboxylic acid groups (broad SMARTS) is 1. The monoisotopic (exact) mass is 786 g/mol. The van der Waals surface area contributed by atoms with Crippen LogP contribution in [0.5, 0.6) is 5.75 Å². The zero-order valence-corrected chi connectivity index (χ0v) is 25.0. The molecule has 1 aliphatic heterocycles. The summed E-state index contributed by atoms with van der Waals surface area (Å²) in [5.41, 5.74) is 2.61. The van der Waals surface area contributed by atoms with E-state index in [1.54, 1.807) is 42.5 Å². The van der Waals surface area contributed by atoms with Gasteiger partial charge in [-0.3, -0.25) is 14.9 Å². The number of carbonyl (C=O) groups excluding carboxylic acids is 3. The molecule has 0 saturated carbocycles. The molecular formula is C26H17BrI2N2O6. The summed E-state index contributed by atoms with van der Waals surface area (Å²) >= 11 is 7.61. The van der Waals surface area contributed by atoms with Crippen LogP contribution in [-0.4, -0.2) is 28.9 Å². The van der Waals surface area contributed by atoms with Gasteiger partial charge in [0.2, 0.25) is 0 Å². The topological polar surface area (TPSA) is 113 Å². The third kappa shape index (κ3) is 6.04. The van der Waals surface area contributed by atoms with Gasteiger partial charge in [-0.1, -0.05) is 28.1 Å². The van der Waals surface area contributed by atoms with Gasteiger partial charge in [0.1, 0.15) is 17.9 Å². The number of aromatic carboxylic acids is 1. The molecule has 188 valence electrons. The summed E-state index contributed by atoms with van der Waals surface area (Å²) in [4.78, 5) is 50.2. The van der Waals surface area contributed by atoms with Gasteiger partial charge in [-0.25, -0.2) is 14.5 Å². The fourth-order valence-electron chi connectivity index (χ4n) is 3.53. The second-order valence-electron chi connectivity index (χ2n) is 8.00. The fraction of sp³-hybridized carbons (Fsp3) is 0.0769. The van der Waals surface area contributed by atoms with Crippen LogP contribution in [-0.2, 0) is 16.2 Å². The van der Waals surface area contributed by atoms with E-state index in [2.05, 4.69) is 66.4 Å². The summed E-state index contributed by atoms with van der Waals surface area (Å²) in [7, 11) is 0. The Labute approximate surface area is 247 Å². The van der Waals surface area contributed by atoms with Crippen LogP contribution in [0.25, 0.3) is 6.08 Å². The average Bonchev–Trinajstić information content (AvgIpc) is 2.83. The molecule has 0 bridgehead atoms. The lowest BCUT2D eigenvalue weighted by molar-refractivity contribution is -0.122. The number of nitrogens with one attached hydrogen (secondary N) is 1. The first-order chi connectivity index (χ1) is 17.5. The number of aryl methyl sites for hydroxylation is 1. The van der Waals surface area contributed by atoms with E-state index in [4.69, 9.17) is 9.84 Å². The number of halogens is 3. The molecule has 0 unspecified atom stereocenters. The van der Waals surface area contributed by atoms with E-state index in [1.807, 2.05) is 6.92 Å². The van der Waals surface area contributed by atoms with Crippen molar-refractivity contribution in [3.05, 3.63) is 94.0 Å². The van der Waals surface area contributed by atoms with Crippen molar-refractivity contribution in [3.8, 4) is 5.75 Å². The highest BCUT2D eigenvalue weighted by Gasteiger charge is 2.37. The summed E-state index contributed by atoms with van der Waals surface area (Å²) in [6, 6.07) is 14.2. The van der Waals surface area contributed by atoms with E-state index in [0.29, 0.717) is 17.0 Å². The molecule has 0 spiro atoms. The van der Waals surface area contributed by atoms with Gasteiger partial charge in [0.25, 0.3) is 11.8 Å². The van der Waals surface area contributed by atoms with Crippen LogP contribution in [0.1, 0.15) is 27.0 Å². The Bertz CT molecular complexity index is 1460.